The summed E-state index contributed by atoms with van der Waals surface area (Å²) in [5.41, 5.74) is 4.33. The van der Waals surface area contributed by atoms with Gasteiger partial charge in [-0.2, -0.15) is 0 Å². The summed E-state index contributed by atoms with van der Waals surface area (Å²) in [4.78, 5) is 13.1. The van der Waals surface area contributed by atoms with E-state index in [9.17, 15) is 4.79 Å². The molecule has 1 aliphatic heterocycles. The van der Waals surface area contributed by atoms with Crippen LogP contribution in [0.15, 0.2) is 18.2 Å². The van der Waals surface area contributed by atoms with Crippen LogP contribution in [0.3, 0.4) is 0 Å². The Bertz CT molecular complexity index is 521. The molecule has 1 saturated heterocycles. The lowest BCUT2D eigenvalue weighted by Crippen LogP contribution is -2.39. The lowest BCUT2D eigenvalue weighted by Gasteiger charge is -2.36. The van der Waals surface area contributed by atoms with Crippen LogP contribution in [0.2, 0.25) is 0 Å². The van der Waals surface area contributed by atoms with Crippen LogP contribution in [0.4, 0.5) is 0 Å². The molecular weight excluding hydrogens is 266 g/mol. The van der Waals surface area contributed by atoms with Gasteiger partial charge in [0.05, 0.1) is 6.10 Å². The summed E-state index contributed by atoms with van der Waals surface area (Å²) in [5.74, 6) is -0.877. The molecule has 0 aromatic heterocycles. The summed E-state index contributed by atoms with van der Waals surface area (Å²) in [5, 5.41) is 8.67. The molecule has 1 fully saturated rings. The fraction of sp³-hybridized carbons (Fsp3) is 0.588. The van der Waals surface area contributed by atoms with Crippen molar-refractivity contribution in [2.75, 3.05) is 19.7 Å². The van der Waals surface area contributed by atoms with Crippen LogP contribution in [-0.4, -0.2) is 41.8 Å². The van der Waals surface area contributed by atoms with Gasteiger partial charge >= 0.3 is 5.97 Å². The van der Waals surface area contributed by atoms with Gasteiger partial charge in [-0.15, -0.1) is 0 Å². The Morgan fingerprint density at radius 1 is 1.33 bits per heavy atom. The van der Waals surface area contributed by atoms with Crippen LogP contribution in [-0.2, 0) is 16.0 Å². The Morgan fingerprint density at radius 3 is 2.81 bits per heavy atom. The minimum absolute atomic E-state index is 0.107. The van der Waals surface area contributed by atoms with Crippen molar-refractivity contribution in [1.29, 1.82) is 0 Å². The van der Waals surface area contributed by atoms with Crippen LogP contribution in [0.25, 0.3) is 0 Å². The van der Waals surface area contributed by atoms with E-state index in [4.69, 9.17) is 9.84 Å². The van der Waals surface area contributed by atoms with E-state index in [1.54, 1.807) is 0 Å². The van der Waals surface area contributed by atoms with E-state index in [0.29, 0.717) is 6.04 Å². The van der Waals surface area contributed by atoms with Crippen LogP contribution < -0.4 is 0 Å². The van der Waals surface area contributed by atoms with Gasteiger partial charge in [-0.25, -0.2) is 4.79 Å². The number of likely N-dealkylation sites (tertiary alicyclic amines) is 1. The summed E-state index contributed by atoms with van der Waals surface area (Å²) in [6, 6.07) is 7.35. The van der Waals surface area contributed by atoms with Gasteiger partial charge in [0, 0.05) is 19.1 Å². The number of fused-ring (bicyclic) bond motifs is 1. The smallest absolute Gasteiger partial charge is 0.329 e. The lowest BCUT2D eigenvalue weighted by molar-refractivity contribution is -0.145. The monoisotopic (exact) mass is 289 g/mol. The van der Waals surface area contributed by atoms with Crippen molar-refractivity contribution in [2.24, 2.45) is 0 Å². The fourth-order valence-electron chi connectivity index (χ4n) is 3.62. The molecule has 1 heterocycles. The molecule has 4 heteroatoms. The van der Waals surface area contributed by atoms with Gasteiger partial charge in [-0.3, -0.25) is 4.90 Å². The molecule has 0 amide bonds. The van der Waals surface area contributed by atoms with Crippen LogP contribution in [0.5, 0.6) is 0 Å². The molecule has 0 saturated carbocycles. The summed E-state index contributed by atoms with van der Waals surface area (Å²) in [7, 11) is 0. The zero-order valence-electron chi connectivity index (χ0n) is 12.5. The zero-order valence-corrected chi connectivity index (χ0v) is 12.5. The molecule has 1 aromatic carbocycles. The molecule has 0 radical (unpaired) electrons. The van der Waals surface area contributed by atoms with Crippen LogP contribution in [0, 0.1) is 6.92 Å². The number of carboxylic acids is 1. The normalized spacial score (nSPS) is 23.2. The Labute approximate surface area is 125 Å². The first-order chi connectivity index (χ1) is 10.1. The van der Waals surface area contributed by atoms with Gasteiger partial charge in [0.2, 0.25) is 0 Å². The first-order valence-electron chi connectivity index (χ1n) is 7.80. The van der Waals surface area contributed by atoms with E-state index >= 15 is 0 Å². The number of ether oxygens (including phenoxy) is 1. The quantitative estimate of drug-likeness (QED) is 0.925. The van der Waals surface area contributed by atoms with Crippen molar-refractivity contribution in [3.05, 3.63) is 34.9 Å². The van der Waals surface area contributed by atoms with Crippen molar-refractivity contribution in [1.82, 2.24) is 4.90 Å². The van der Waals surface area contributed by atoms with Crippen molar-refractivity contribution in [3.63, 3.8) is 0 Å². The number of carboxylic acid groups (broad SMARTS) is 1. The topological polar surface area (TPSA) is 49.8 Å². The van der Waals surface area contributed by atoms with E-state index in [2.05, 4.69) is 30.0 Å². The fourth-order valence-corrected chi connectivity index (χ4v) is 3.62. The summed E-state index contributed by atoms with van der Waals surface area (Å²) >= 11 is 0. The first kappa shape index (κ1) is 14.5. The molecule has 3 rings (SSSR count). The van der Waals surface area contributed by atoms with Gasteiger partial charge in [-0.05, 0) is 43.7 Å². The van der Waals surface area contributed by atoms with Gasteiger partial charge in [0.15, 0.2) is 0 Å². The number of carbonyl (C=O) groups is 1. The minimum Gasteiger partial charge on any atom is -0.480 e. The van der Waals surface area contributed by atoms with Crippen LogP contribution in [0.1, 0.15) is 42.0 Å². The number of nitrogens with zero attached hydrogens (tertiary/aromatic N) is 1. The molecule has 4 nitrogen and oxygen atoms in total. The predicted molar refractivity (Wildman–Crippen MR) is 80.4 cm³/mol. The largest absolute Gasteiger partial charge is 0.480 e. The molecule has 114 valence electrons. The summed E-state index contributed by atoms with van der Waals surface area (Å²) < 4.78 is 5.42. The van der Waals surface area contributed by atoms with E-state index in [1.807, 2.05) is 0 Å². The molecule has 1 unspecified atom stereocenters. The van der Waals surface area contributed by atoms with E-state index < -0.39 is 5.97 Å². The van der Waals surface area contributed by atoms with E-state index in [0.717, 1.165) is 25.9 Å². The molecule has 21 heavy (non-hydrogen) atoms. The average Bonchev–Trinajstić information content (AvgIpc) is 2.88. The maximum Gasteiger partial charge on any atom is 0.329 e. The summed E-state index contributed by atoms with van der Waals surface area (Å²) in [6.07, 6.45) is 4.36. The van der Waals surface area contributed by atoms with Gasteiger partial charge in [0.1, 0.15) is 6.61 Å². The molecule has 1 atom stereocenters. The number of hydrogen-bond acceptors (Lipinski definition) is 3. The predicted octanol–water partition coefficient (Wildman–Crippen LogP) is 2.55. The van der Waals surface area contributed by atoms with Gasteiger partial charge in [-0.1, -0.05) is 23.8 Å². The highest BCUT2D eigenvalue weighted by Crippen LogP contribution is 2.37. The number of aryl methyl sites for hydroxylation is 2. The second kappa shape index (κ2) is 6.16. The molecule has 2 aliphatic rings. The molecule has 1 aliphatic carbocycles. The van der Waals surface area contributed by atoms with Crippen molar-refractivity contribution < 1.29 is 14.6 Å². The third-order valence-electron chi connectivity index (χ3n) is 4.71. The molecular formula is C17H23NO3. The highest BCUT2D eigenvalue weighted by atomic mass is 16.5. The Hall–Kier alpha value is -1.39. The van der Waals surface area contributed by atoms with Crippen molar-refractivity contribution in [3.8, 4) is 0 Å². The Morgan fingerprint density at radius 2 is 2.10 bits per heavy atom. The number of benzene rings is 1. The minimum atomic E-state index is -0.877. The number of aliphatic carboxylic acids is 1. The molecule has 0 spiro atoms. The van der Waals surface area contributed by atoms with Crippen LogP contribution >= 0.6 is 0 Å². The van der Waals surface area contributed by atoms with Gasteiger partial charge in [0.25, 0.3) is 0 Å². The van der Waals surface area contributed by atoms with E-state index in [-0.39, 0.29) is 12.7 Å². The third-order valence-corrected chi connectivity index (χ3v) is 4.71. The average molecular weight is 289 g/mol. The standard InChI is InChI=1S/C17H23NO3/c1-12-2-3-13-4-5-16(15(13)10-12)18-8-6-14(7-9-18)21-11-17(19)20/h2-3,10,14,16H,4-9,11H2,1H3,(H,19,20). The molecule has 0 bridgehead atoms. The van der Waals surface area contributed by atoms with Crippen molar-refractivity contribution >= 4 is 5.97 Å². The Kier molecular flexibility index (Phi) is 4.27. The van der Waals surface area contributed by atoms with E-state index in [1.165, 1.54) is 29.5 Å². The number of piperidine rings is 1. The zero-order chi connectivity index (χ0) is 14.8. The highest BCUT2D eigenvalue weighted by molar-refractivity contribution is 5.68. The number of hydrogen-bond donors (Lipinski definition) is 1. The second-order valence-corrected chi connectivity index (χ2v) is 6.20. The highest BCUT2D eigenvalue weighted by Gasteiger charge is 2.31. The number of rotatable bonds is 4. The third kappa shape index (κ3) is 3.27. The second-order valence-electron chi connectivity index (χ2n) is 6.20. The maximum absolute atomic E-state index is 10.5. The maximum atomic E-state index is 10.5. The van der Waals surface area contributed by atoms with Crippen molar-refractivity contribution in [2.45, 2.75) is 44.8 Å². The Balaban J connectivity index is 1.59. The van der Waals surface area contributed by atoms with Gasteiger partial charge < -0.3 is 9.84 Å². The summed E-state index contributed by atoms with van der Waals surface area (Å²) in [6.45, 7) is 3.99. The SMILES string of the molecule is Cc1ccc2c(c1)C(N1CCC(OCC(=O)O)CC1)CC2. The first-order valence-corrected chi connectivity index (χ1v) is 7.80. The lowest BCUT2D eigenvalue weighted by atomic mass is 10.0. The molecule has 1 aromatic rings. The molecule has 1 N–H and O–H groups in total.